The maximum absolute atomic E-state index is 9.14. The third kappa shape index (κ3) is 2.93. The van der Waals surface area contributed by atoms with Crippen molar-refractivity contribution >= 4 is 0 Å². The summed E-state index contributed by atoms with van der Waals surface area (Å²) in [6, 6.07) is 9.99. The normalized spacial score (nSPS) is 11.5. The second-order valence-corrected chi connectivity index (χ2v) is 2.92. The van der Waals surface area contributed by atoms with E-state index in [9.17, 15) is 0 Å². The van der Waals surface area contributed by atoms with Crippen LogP contribution in [0.25, 0.3) is 0 Å². The molecule has 0 saturated heterocycles. The molecule has 1 N–H and O–H groups in total. The van der Waals surface area contributed by atoms with E-state index in [0.29, 0.717) is 0 Å². The van der Waals surface area contributed by atoms with Crippen LogP contribution in [0.1, 0.15) is 24.8 Å². The quantitative estimate of drug-likeness (QED) is 0.551. The summed E-state index contributed by atoms with van der Waals surface area (Å²) >= 11 is 0. The number of benzene rings is 1. The molecule has 68 valence electrons. The lowest BCUT2D eigenvalue weighted by Crippen LogP contribution is -2.02. The van der Waals surface area contributed by atoms with E-state index in [-0.39, 0.29) is 12.5 Å². The lowest BCUT2D eigenvalue weighted by Gasteiger charge is -2.10. The van der Waals surface area contributed by atoms with Crippen molar-refractivity contribution in [3.63, 3.8) is 0 Å². The van der Waals surface area contributed by atoms with E-state index in [1.54, 1.807) is 0 Å². The van der Waals surface area contributed by atoms with E-state index in [2.05, 4.69) is 11.8 Å². The smallest absolute Gasteiger partial charge is 0.0508 e. The molecule has 0 bridgehead atoms. The highest BCUT2D eigenvalue weighted by atomic mass is 16.3. The van der Waals surface area contributed by atoms with Crippen molar-refractivity contribution in [2.75, 3.05) is 6.61 Å². The average molecular weight is 175 g/mol. The SMILES string of the molecule is [13CH3]C#CCC(CO)c1ccccc1. The molecule has 0 saturated carbocycles. The Bertz CT molecular complexity index is 292. The molecule has 0 aliphatic heterocycles. The maximum Gasteiger partial charge on any atom is 0.0508 e. The minimum absolute atomic E-state index is 0.161. The molecule has 0 aliphatic carbocycles. The highest BCUT2D eigenvalue weighted by Gasteiger charge is 2.07. The monoisotopic (exact) mass is 175 g/mol. The van der Waals surface area contributed by atoms with E-state index in [1.807, 2.05) is 37.3 Å². The van der Waals surface area contributed by atoms with Gasteiger partial charge in [-0.2, -0.15) is 0 Å². The van der Waals surface area contributed by atoms with E-state index >= 15 is 0 Å². The molecule has 1 atom stereocenters. The summed E-state index contributed by atoms with van der Waals surface area (Å²) in [5.41, 5.74) is 1.16. The van der Waals surface area contributed by atoms with Gasteiger partial charge in [0.1, 0.15) is 0 Å². The third-order valence-electron chi connectivity index (χ3n) is 2.02. The Morgan fingerprint density at radius 2 is 2.00 bits per heavy atom. The highest BCUT2D eigenvalue weighted by Crippen LogP contribution is 2.17. The fourth-order valence-corrected chi connectivity index (χ4v) is 1.24. The molecule has 0 radical (unpaired) electrons. The van der Waals surface area contributed by atoms with Gasteiger partial charge in [0.2, 0.25) is 0 Å². The minimum Gasteiger partial charge on any atom is -0.396 e. The van der Waals surface area contributed by atoms with Crippen molar-refractivity contribution in [3.05, 3.63) is 35.9 Å². The number of rotatable bonds is 3. The van der Waals surface area contributed by atoms with Gasteiger partial charge in [-0.15, -0.1) is 11.8 Å². The standard InChI is InChI=1S/C12H14O/c1-2-3-7-12(10-13)11-8-5-4-6-9-11/h4-6,8-9,12-13H,7,10H2,1H3/i1+1. The van der Waals surface area contributed by atoms with Crippen LogP contribution in [0.3, 0.4) is 0 Å². The molecule has 0 aromatic heterocycles. The lowest BCUT2D eigenvalue weighted by molar-refractivity contribution is 0.267. The molecule has 1 rings (SSSR count). The van der Waals surface area contributed by atoms with Gasteiger partial charge in [0.05, 0.1) is 6.61 Å². The molecular formula is C12H14O. The molecule has 0 aliphatic rings. The summed E-state index contributed by atoms with van der Waals surface area (Å²) in [7, 11) is 0. The van der Waals surface area contributed by atoms with Gasteiger partial charge in [0, 0.05) is 12.3 Å². The van der Waals surface area contributed by atoms with Crippen LogP contribution in [0.4, 0.5) is 0 Å². The Labute approximate surface area is 79.4 Å². The Morgan fingerprint density at radius 3 is 2.54 bits per heavy atom. The van der Waals surface area contributed by atoms with Gasteiger partial charge in [0.15, 0.2) is 0 Å². The van der Waals surface area contributed by atoms with Crippen molar-refractivity contribution in [3.8, 4) is 11.8 Å². The molecule has 1 aromatic rings. The molecule has 13 heavy (non-hydrogen) atoms. The number of aliphatic hydroxyl groups is 1. The summed E-state index contributed by atoms with van der Waals surface area (Å²) in [5.74, 6) is 5.99. The van der Waals surface area contributed by atoms with E-state index < -0.39 is 0 Å². The second-order valence-electron chi connectivity index (χ2n) is 2.92. The highest BCUT2D eigenvalue weighted by molar-refractivity contribution is 5.21. The molecule has 0 amide bonds. The van der Waals surface area contributed by atoms with Crippen LogP contribution in [0.15, 0.2) is 30.3 Å². The van der Waals surface area contributed by atoms with Gasteiger partial charge >= 0.3 is 0 Å². The molecule has 0 spiro atoms. The van der Waals surface area contributed by atoms with Crippen LogP contribution in [0.5, 0.6) is 0 Å². The average Bonchev–Trinajstić information content (AvgIpc) is 2.21. The van der Waals surface area contributed by atoms with Gasteiger partial charge in [-0.25, -0.2) is 0 Å². The van der Waals surface area contributed by atoms with Crippen molar-refractivity contribution in [2.24, 2.45) is 0 Å². The van der Waals surface area contributed by atoms with Gasteiger partial charge in [-0.1, -0.05) is 30.3 Å². The summed E-state index contributed by atoms with van der Waals surface area (Å²) in [5, 5.41) is 9.14. The van der Waals surface area contributed by atoms with Crippen LogP contribution in [-0.4, -0.2) is 11.7 Å². The first-order valence-electron chi connectivity index (χ1n) is 4.44. The summed E-state index contributed by atoms with van der Waals surface area (Å²) in [6.45, 7) is 1.98. The zero-order chi connectivity index (χ0) is 9.52. The molecular weight excluding hydrogens is 161 g/mol. The predicted molar refractivity (Wildman–Crippen MR) is 54.3 cm³/mol. The third-order valence-corrected chi connectivity index (χ3v) is 2.02. The topological polar surface area (TPSA) is 20.2 Å². The van der Waals surface area contributed by atoms with E-state index in [0.717, 1.165) is 12.0 Å². The fourth-order valence-electron chi connectivity index (χ4n) is 1.24. The molecule has 0 fully saturated rings. The molecule has 1 nitrogen and oxygen atoms in total. The Hall–Kier alpha value is -1.26. The van der Waals surface area contributed by atoms with Crippen molar-refractivity contribution < 1.29 is 5.11 Å². The Balaban J connectivity index is 2.70. The molecule has 0 heterocycles. The van der Waals surface area contributed by atoms with Crippen LogP contribution < -0.4 is 0 Å². The number of aliphatic hydroxyl groups excluding tert-OH is 1. The first-order chi connectivity index (χ1) is 6.38. The van der Waals surface area contributed by atoms with Crippen molar-refractivity contribution in [1.29, 1.82) is 0 Å². The first-order valence-corrected chi connectivity index (χ1v) is 4.44. The van der Waals surface area contributed by atoms with Crippen molar-refractivity contribution in [1.82, 2.24) is 0 Å². The van der Waals surface area contributed by atoms with Crippen LogP contribution >= 0.6 is 0 Å². The minimum atomic E-state index is 0.161. The summed E-state index contributed by atoms with van der Waals surface area (Å²) < 4.78 is 0. The van der Waals surface area contributed by atoms with E-state index in [4.69, 9.17) is 5.11 Å². The van der Waals surface area contributed by atoms with Crippen molar-refractivity contribution in [2.45, 2.75) is 19.3 Å². The zero-order valence-electron chi connectivity index (χ0n) is 7.83. The zero-order valence-corrected chi connectivity index (χ0v) is 7.83. The largest absolute Gasteiger partial charge is 0.396 e. The summed E-state index contributed by atoms with van der Waals surface area (Å²) in [4.78, 5) is 0. The second kappa shape index (κ2) is 5.40. The van der Waals surface area contributed by atoms with Gasteiger partial charge in [0.25, 0.3) is 0 Å². The molecule has 1 heteroatoms. The Kier molecular flexibility index (Phi) is 4.08. The van der Waals surface area contributed by atoms with Crippen LogP contribution in [0.2, 0.25) is 0 Å². The number of hydrogen-bond acceptors (Lipinski definition) is 1. The molecule has 1 aromatic carbocycles. The fraction of sp³-hybridized carbons (Fsp3) is 0.333. The van der Waals surface area contributed by atoms with Crippen LogP contribution in [-0.2, 0) is 0 Å². The lowest BCUT2D eigenvalue weighted by atomic mass is 9.97. The van der Waals surface area contributed by atoms with Crippen LogP contribution in [0, 0.1) is 11.8 Å². The number of hydrogen-bond donors (Lipinski definition) is 1. The Morgan fingerprint density at radius 1 is 1.31 bits per heavy atom. The summed E-state index contributed by atoms with van der Waals surface area (Å²) in [6.07, 6.45) is 0.733. The van der Waals surface area contributed by atoms with Gasteiger partial charge in [-0.05, 0) is 12.5 Å². The predicted octanol–water partition coefficient (Wildman–Crippen LogP) is 2.18. The van der Waals surface area contributed by atoms with Gasteiger partial charge < -0.3 is 5.11 Å². The first kappa shape index (κ1) is 9.83. The maximum atomic E-state index is 9.14. The van der Waals surface area contributed by atoms with E-state index in [1.165, 1.54) is 0 Å². The molecule has 1 unspecified atom stereocenters. The van der Waals surface area contributed by atoms with Gasteiger partial charge in [-0.3, -0.25) is 0 Å².